The van der Waals surface area contributed by atoms with Gasteiger partial charge < -0.3 is 0 Å². The van der Waals surface area contributed by atoms with Crippen molar-refractivity contribution in [2.75, 3.05) is 0 Å². The van der Waals surface area contributed by atoms with Gasteiger partial charge in [-0.2, -0.15) is 0 Å². The van der Waals surface area contributed by atoms with E-state index in [0.29, 0.717) is 0 Å². The van der Waals surface area contributed by atoms with Crippen molar-refractivity contribution < 1.29 is 0 Å². The standard InChI is InChI=1S/C24H16Br2/c25-21-13-15-7-1-3-9-17(15)23(21)19-11-5-6-12-20(19)24-18-10-4-2-8-16(18)14-22(24)26/h1-14,23-24H. The molecule has 3 aromatic rings. The Bertz CT molecular complexity index is 988. The molecule has 0 aliphatic heterocycles. The third-order valence-corrected chi connectivity index (χ3v) is 6.74. The predicted octanol–water partition coefficient (Wildman–Crippen LogP) is 7.45. The van der Waals surface area contributed by atoms with E-state index in [1.165, 1.54) is 42.3 Å². The zero-order valence-corrected chi connectivity index (χ0v) is 17.2. The van der Waals surface area contributed by atoms with Gasteiger partial charge in [0.05, 0.1) is 0 Å². The fourth-order valence-electron chi connectivity index (χ4n) is 4.24. The van der Waals surface area contributed by atoms with Crippen LogP contribution < -0.4 is 0 Å². The van der Waals surface area contributed by atoms with E-state index in [2.05, 4.69) is 117 Å². The Morgan fingerprint density at radius 3 is 1.23 bits per heavy atom. The fourth-order valence-corrected chi connectivity index (χ4v) is 5.72. The molecule has 0 saturated heterocycles. The molecule has 2 aliphatic carbocycles. The summed E-state index contributed by atoms with van der Waals surface area (Å²) in [4.78, 5) is 0. The van der Waals surface area contributed by atoms with Crippen LogP contribution in [0.3, 0.4) is 0 Å². The van der Waals surface area contributed by atoms with Crippen molar-refractivity contribution in [3.63, 3.8) is 0 Å². The lowest BCUT2D eigenvalue weighted by Gasteiger charge is -2.23. The van der Waals surface area contributed by atoms with E-state index < -0.39 is 0 Å². The number of hydrogen-bond donors (Lipinski definition) is 0. The van der Waals surface area contributed by atoms with E-state index in [4.69, 9.17) is 0 Å². The van der Waals surface area contributed by atoms with Gasteiger partial charge in [0, 0.05) is 20.8 Å². The second-order valence-corrected chi connectivity index (χ2v) is 8.64. The Kier molecular flexibility index (Phi) is 3.99. The van der Waals surface area contributed by atoms with Crippen LogP contribution in [0.4, 0.5) is 0 Å². The Morgan fingerprint density at radius 2 is 0.808 bits per heavy atom. The Morgan fingerprint density at radius 1 is 0.462 bits per heavy atom. The SMILES string of the molecule is BrC1=Cc2ccccc2C1c1ccccc1C1C(Br)=Cc2ccccc21. The Balaban J connectivity index is 1.69. The molecule has 5 rings (SSSR count). The van der Waals surface area contributed by atoms with E-state index in [1.54, 1.807) is 0 Å². The molecule has 0 amide bonds. The van der Waals surface area contributed by atoms with Crippen molar-refractivity contribution in [3.05, 3.63) is 115 Å². The van der Waals surface area contributed by atoms with Crippen LogP contribution in [0.5, 0.6) is 0 Å². The Hall–Kier alpha value is -1.90. The van der Waals surface area contributed by atoms with E-state index >= 15 is 0 Å². The normalized spacial score (nSPS) is 20.4. The van der Waals surface area contributed by atoms with Crippen LogP contribution >= 0.6 is 31.9 Å². The van der Waals surface area contributed by atoms with E-state index in [0.717, 1.165) is 0 Å². The first-order valence-electron chi connectivity index (χ1n) is 8.75. The number of halogens is 2. The molecule has 0 fully saturated rings. The minimum absolute atomic E-state index is 0.260. The molecule has 0 spiro atoms. The maximum atomic E-state index is 3.85. The molecule has 0 N–H and O–H groups in total. The number of fused-ring (bicyclic) bond motifs is 2. The van der Waals surface area contributed by atoms with Gasteiger partial charge in [-0.25, -0.2) is 0 Å². The highest BCUT2D eigenvalue weighted by Crippen LogP contribution is 2.50. The first-order valence-corrected chi connectivity index (χ1v) is 10.3. The summed E-state index contributed by atoms with van der Waals surface area (Å²) in [6.07, 6.45) is 4.51. The average molecular weight is 464 g/mol. The third-order valence-electron chi connectivity index (χ3n) is 5.37. The summed E-state index contributed by atoms with van der Waals surface area (Å²) in [5.41, 5.74) is 8.10. The quantitative estimate of drug-likeness (QED) is 0.370. The molecule has 0 aromatic heterocycles. The molecule has 0 nitrogen and oxygen atoms in total. The molecule has 0 saturated carbocycles. The van der Waals surface area contributed by atoms with Crippen LogP contribution in [-0.4, -0.2) is 0 Å². The number of hydrogen-bond acceptors (Lipinski definition) is 0. The summed E-state index contributed by atoms with van der Waals surface area (Å²) >= 11 is 7.69. The van der Waals surface area contributed by atoms with Gasteiger partial charge in [0.2, 0.25) is 0 Å². The minimum atomic E-state index is 0.260. The summed E-state index contributed by atoms with van der Waals surface area (Å²) in [7, 11) is 0. The maximum Gasteiger partial charge on any atom is 0.0415 e. The smallest absolute Gasteiger partial charge is 0.0415 e. The van der Waals surface area contributed by atoms with E-state index in [1.807, 2.05) is 0 Å². The summed E-state index contributed by atoms with van der Waals surface area (Å²) in [5.74, 6) is 0.519. The van der Waals surface area contributed by atoms with Crippen LogP contribution in [0.15, 0.2) is 81.8 Å². The number of rotatable bonds is 2. The number of benzene rings is 3. The van der Waals surface area contributed by atoms with E-state index in [9.17, 15) is 0 Å². The average Bonchev–Trinajstić information content (AvgIpc) is 3.17. The van der Waals surface area contributed by atoms with Gasteiger partial charge in [-0.05, 0) is 45.5 Å². The third kappa shape index (κ3) is 2.47. The molecule has 2 unspecified atom stereocenters. The highest BCUT2D eigenvalue weighted by molar-refractivity contribution is 9.12. The molecule has 2 atom stereocenters. The monoisotopic (exact) mass is 462 g/mol. The van der Waals surface area contributed by atoms with Crippen LogP contribution in [0.1, 0.15) is 45.2 Å². The van der Waals surface area contributed by atoms with Crippen molar-refractivity contribution in [1.29, 1.82) is 0 Å². The minimum Gasteiger partial charge on any atom is -0.0619 e. The molecule has 0 radical (unpaired) electrons. The zero-order valence-electron chi connectivity index (χ0n) is 14.0. The molecule has 2 heteroatoms. The second kappa shape index (κ2) is 6.37. The molecular formula is C24H16Br2. The lowest BCUT2D eigenvalue weighted by atomic mass is 9.83. The Labute approximate surface area is 170 Å². The van der Waals surface area contributed by atoms with E-state index in [-0.39, 0.29) is 11.8 Å². The first-order chi connectivity index (χ1) is 12.7. The molecule has 3 aromatic carbocycles. The summed E-state index contributed by atoms with van der Waals surface area (Å²) in [6, 6.07) is 26.2. The largest absolute Gasteiger partial charge is 0.0619 e. The van der Waals surface area contributed by atoms with Crippen LogP contribution in [-0.2, 0) is 0 Å². The van der Waals surface area contributed by atoms with Crippen molar-refractivity contribution in [3.8, 4) is 0 Å². The topological polar surface area (TPSA) is 0 Å². The molecule has 26 heavy (non-hydrogen) atoms. The molecule has 0 heterocycles. The maximum absolute atomic E-state index is 3.85. The van der Waals surface area contributed by atoms with Crippen molar-refractivity contribution >= 4 is 44.0 Å². The van der Waals surface area contributed by atoms with Crippen LogP contribution in [0.25, 0.3) is 12.2 Å². The summed E-state index contributed by atoms with van der Waals surface area (Å²) in [5, 5.41) is 0. The van der Waals surface area contributed by atoms with Gasteiger partial charge >= 0.3 is 0 Å². The molecule has 0 bridgehead atoms. The number of allylic oxidation sites excluding steroid dienone is 2. The molecular weight excluding hydrogens is 448 g/mol. The van der Waals surface area contributed by atoms with Gasteiger partial charge in [0.15, 0.2) is 0 Å². The molecule has 2 aliphatic rings. The van der Waals surface area contributed by atoms with Gasteiger partial charge in [0.1, 0.15) is 0 Å². The highest BCUT2D eigenvalue weighted by Gasteiger charge is 2.32. The van der Waals surface area contributed by atoms with Gasteiger partial charge in [0.25, 0.3) is 0 Å². The van der Waals surface area contributed by atoms with Crippen molar-refractivity contribution in [1.82, 2.24) is 0 Å². The van der Waals surface area contributed by atoms with Crippen LogP contribution in [0, 0.1) is 0 Å². The predicted molar refractivity (Wildman–Crippen MR) is 117 cm³/mol. The zero-order chi connectivity index (χ0) is 17.7. The fraction of sp³-hybridized carbons (Fsp3) is 0.0833. The lowest BCUT2D eigenvalue weighted by Crippen LogP contribution is -2.07. The van der Waals surface area contributed by atoms with Crippen LogP contribution in [0.2, 0.25) is 0 Å². The summed E-state index contributed by atoms with van der Waals surface area (Å²) in [6.45, 7) is 0. The van der Waals surface area contributed by atoms with Crippen molar-refractivity contribution in [2.45, 2.75) is 11.8 Å². The van der Waals surface area contributed by atoms with Crippen molar-refractivity contribution in [2.24, 2.45) is 0 Å². The lowest BCUT2D eigenvalue weighted by molar-refractivity contribution is 0.946. The first kappa shape index (κ1) is 16.3. The van der Waals surface area contributed by atoms with Gasteiger partial charge in [-0.1, -0.05) is 105 Å². The van der Waals surface area contributed by atoms with Gasteiger partial charge in [-0.15, -0.1) is 0 Å². The molecule has 126 valence electrons. The summed E-state index contributed by atoms with van der Waals surface area (Å²) < 4.78 is 2.47. The second-order valence-electron chi connectivity index (χ2n) is 6.81. The van der Waals surface area contributed by atoms with Gasteiger partial charge in [-0.3, -0.25) is 0 Å². The highest BCUT2D eigenvalue weighted by atomic mass is 79.9.